The zero-order valence-electron chi connectivity index (χ0n) is 12.6. The molecule has 2 N–H and O–H groups in total. The Balaban J connectivity index is 0.00000161. The largest absolute Gasteiger partial charge is 0.338 e. The molecule has 2 aliphatic rings. The van der Waals surface area contributed by atoms with Crippen molar-refractivity contribution in [2.24, 2.45) is 17.6 Å². The molecule has 2 fully saturated rings. The van der Waals surface area contributed by atoms with Gasteiger partial charge in [0.1, 0.15) is 0 Å². The summed E-state index contributed by atoms with van der Waals surface area (Å²) in [6, 6.07) is 8.27. The summed E-state index contributed by atoms with van der Waals surface area (Å²) < 4.78 is 0. The number of nitrogens with two attached hydrogens (primary N) is 1. The summed E-state index contributed by atoms with van der Waals surface area (Å²) in [4.78, 5) is 14.8. The van der Waals surface area contributed by atoms with E-state index in [9.17, 15) is 4.79 Å². The van der Waals surface area contributed by atoms with Crippen molar-refractivity contribution in [2.75, 3.05) is 13.1 Å². The minimum Gasteiger partial charge on any atom is -0.338 e. The maximum atomic E-state index is 12.8. The summed E-state index contributed by atoms with van der Waals surface area (Å²) in [6.45, 7) is 3.85. The first-order valence-corrected chi connectivity index (χ1v) is 7.83. The van der Waals surface area contributed by atoms with Crippen LogP contribution >= 0.6 is 12.4 Å². The zero-order valence-corrected chi connectivity index (χ0v) is 13.4. The fraction of sp³-hybridized carbons (Fsp3) is 0.588. The zero-order chi connectivity index (χ0) is 14.1. The van der Waals surface area contributed by atoms with Gasteiger partial charge in [-0.3, -0.25) is 4.79 Å². The van der Waals surface area contributed by atoms with Gasteiger partial charge in [-0.15, -0.1) is 12.4 Å². The molecular formula is C17H25ClN2O. The number of carbonyl (C=O) groups excluding carboxylic acids is 1. The molecule has 1 aliphatic carbocycles. The molecule has 1 aromatic carbocycles. The maximum absolute atomic E-state index is 12.8. The molecule has 3 rings (SSSR count). The van der Waals surface area contributed by atoms with Crippen LogP contribution in [0.2, 0.25) is 0 Å². The Morgan fingerprint density at radius 1 is 1.29 bits per heavy atom. The van der Waals surface area contributed by atoms with Gasteiger partial charge in [0.2, 0.25) is 0 Å². The van der Waals surface area contributed by atoms with Crippen molar-refractivity contribution in [1.29, 1.82) is 0 Å². The van der Waals surface area contributed by atoms with E-state index in [-0.39, 0.29) is 24.4 Å². The molecule has 4 heteroatoms. The molecule has 1 aromatic rings. The third-order valence-electron chi connectivity index (χ3n) is 5.07. The first-order valence-electron chi connectivity index (χ1n) is 7.83. The lowest BCUT2D eigenvalue weighted by Gasteiger charge is -2.29. The summed E-state index contributed by atoms with van der Waals surface area (Å²) in [5.74, 6) is 1.34. The molecule has 1 saturated carbocycles. The minimum absolute atomic E-state index is 0. The lowest BCUT2D eigenvalue weighted by molar-refractivity contribution is 0.0782. The lowest BCUT2D eigenvalue weighted by atomic mass is 9.78. The van der Waals surface area contributed by atoms with Crippen molar-refractivity contribution < 1.29 is 4.79 Å². The van der Waals surface area contributed by atoms with E-state index in [2.05, 4.69) is 13.0 Å². The molecule has 3 atom stereocenters. The van der Waals surface area contributed by atoms with Crippen LogP contribution in [0, 0.1) is 11.8 Å². The molecule has 21 heavy (non-hydrogen) atoms. The Hall–Kier alpha value is -1.06. The highest BCUT2D eigenvalue weighted by Gasteiger charge is 2.40. The number of hydrogen-bond donors (Lipinski definition) is 1. The molecule has 0 spiro atoms. The quantitative estimate of drug-likeness (QED) is 0.913. The molecule has 3 nitrogen and oxygen atoms in total. The summed E-state index contributed by atoms with van der Waals surface area (Å²) in [7, 11) is 0. The molecule has 1 heterocycles. The van der Waals surface area contributed by atoms with Crippen LogP contribution in [0.5, 0.6) is 0 Å². The maximum Gasteiger partial charge on any atom is 0.254 e. The van der Waals surface area contributed by atoms with Gasteiger partial charge in [0.15, 0.2) is 0 Å². The molecule has 0 aromatic heterocycles. The van der Waals surface area contributed by atoms with E-state index in [1.54, 1.807) is 0 Å². The number of halogens is 1. The van der Waals surface area contributed by atoms with Gasteiger partial charge in [0.25, 0.3) is 5.91 Å². The van der Waals surface area contributed by atoms with Crippen molar-refractivity contribution >= 4 is 18.3 Å². The second kappa shape index (κ2) is 6.80. The number of hydrogen-bond acceptors (Lipinski definition) is 2. The summed E-state index contributed by atoms with van der Waals surface area (Å²) in [5, 5.41) is 0. The Kier molecular flexibility index (Phi) is 5.28. The number of nitrogens with zero attached hydrogens (tertiary/aromatic N) is 1. The van der Waals surface area contributed by atoms with E-state index in [0.29, 0.717) is 11.8 Å². The number of fused-ring (bicyclic) bond motifs is 1. The molecule has 1 saturated heterocycles. The van der Waals surface area contributed by atoms with E-state index in [0.717, 1.165) is 37.1 Å². The van der Waals surface area contributed by atoms with Gasteiger partial charge in [0.05, 0.1) is 0 Å². The van der Waals surface area contributed by atoms with E-state index in [1.165, 1.54) is 12.8 Å². The lowest BCUT2D eigenvalue weighted by Crippen LogP contribution is -2.38. The average molecular weight is 309 g/mol. The van der Waals surface area contributed by atoms with E-state index in [1.807, 2.05) is 23.1 Å². The second-order valence-corrected chi connectivity index (χ2v) is 6.24. The molecule has 3 unspecified atom stereocenters. The van der Waals surface area contributed by atoms with Gasteiger partial charge in [-0.25, -0.2) is 0 Å². The third kappa shape index (κ3) is 3.09. The first-order chi connectivity index (χ1) is 9.70. The monoisotopic (exact) mass is 308 g/mol. The van der Waals surface area contributed by atoms with Gasteiger partial charge in [-0.05, 0) is 42.7 Å². The topological polar surface area (TPSA) is 46.3 Å². The highest BCUT2D eigenvalue weighted by atomic mass is 35.5. The molecule has 0 radical (unpaired) electrons. The van der Waals surface area contributed by atoms with Gasteiger partial charge < -0.3 is 10.6 Å². The standard InChI is InChI=1S/C17H24N2O.ClH/c1-2-12-6-3-4-8-14(12)17(20)19-10-13-7-5-9-16(18)15(13)11-19;/h3-4,6,8,13,15-16H,2,5,7,9-11,18H2,1H3;1H. The third-order valence-corrected chi connectivity index (χ3v) is 5.07. The number of aryl methyl sites for hydroxylation is 1. The van der Waals surface area contributed by atoms with Crippen molar-refractivity contribution in [3.63, 3.8) is 0 Å². The Labute approximate surface area is 133 Å². The summed E-state index contributed by atoms with van der Waals surface area (Å²) in [5.41, 5.74) is 8.27. The van der Waals surface area contributed by atoms with Gasteiger partial charge in [-0.2, -0.15) is 0 Å². The Morgan fingerprint density at radius 2 is 2.05 bits per heavy atom. The number of amides is 1. The van der Waals surface area contributed by atoms with Gasteiger partial charge in [-0.1, -0.05) is 31.5 Å². The van der Waals surface area contributed by atoms with Crippen LogP contribution in [0.25, 0.3) is 0 Å². The first kappa shape index (κ1) is 16.3. The molecule has 1 aliphatic heterocycles. The predicted molar refractivity (Wildman–Crippen MR) is 87.8 cm³/mol. The average Bonchev–Trinajstić information content (AvgIpc) is 2.92. The van der Waals surface area contributed by atoms with Crippen LogP contribution in [0.3, 0.4) is 0 Å². The van der Waals surface area contributed by atoms with E-state index < -0.39 is 0 Å². The molecule has 116 valence electrons. The van der Waals surface area contributed by atoms with E-state index in [4.69, 9.17) is 5.73 Å². The van der Waals surface area contributed by atoms with Crippen molar-refractivity contribution in [3.8, 4) is 0 Å². The molecule has 0 bridgehead atoms. The van der Waals surface area contributed by atoms with Gasteiger partial charge in [0, 0.05) is 24.7 Å². The highest BCUT2D eigenvalue weighted by molar-refractivity contribution is 5.95. The fourth-order valence-corrected chi connectivity index (χ4v) is 3.89. The van der Waals surface area contributed by atoms with Crippen LogP contribution in [0.1, 0.15) is 42.1 Å². The van der Waals surface area contributed by atoms with Crippen LogP contribution in [0.4, 0.5) is 0 Å². The highest BCUT2D eigenvalue weighted by Crippen LogP contribution is 2.36. The van der Waals surface area contributed by atoms with Crippen molar-refractivity contribution in [1.82, 2.24) is 4.90 Å². The fourth-order valence-electron chi connectivity index (χ4n) is 3.89. The predicted octanol–water partition coefficient (Wildman–Crippen LogP) is 2.87. The second-order valence-electron chi connectivity index (χ2n) is 6.24. The number of likely N-dealkylation sites (tertiary alicyclic amines) is 1. The number of rotatable bonds is 2. The molecule has 1 amide bonds. The minimum atomic E-state index is 0. The van der Waals surface area contributed by atoms with Crippen molar-refractivity contribution in [3.05, 3.63) is 35.4 Å². The van der Waals surface area contributed by atoms with Crippen LogP contribution in [-0.4, -0.2) is 29.9 Å². The number of benzene rings is 1. The van der Waals surface area contributed by atoms with Crippen LogP contribution < -0.4 is 5.73 Å². The van der Waals surface area contributed by atoms with Crippen LogP contribution in [0.15, 0.2) is 24.3 Å². The smallest absolute Gasteiger partial charge is 0.254 e. The van der Waals surface area contributed by atoms with Crippen LogP contribution in [-0.2, 0) is 6.42 Å². The summed E-state index contributed by atoms with van der Waals surface area (Å²) in [6.07, 6.45) is 4.48. The SMILES string of the molecule is CCc1ccccc1C(=O)N1CC2CCCC(N)C2C1.Cl. The summed E-state index contributed by atoms with van der Waals surface area (Å²) >= 11 is 0. The Morgan fingerprint density at radius 3 is 2.76 bits per heavy atom. The molecular weight excluding hydrogens is 284 g/mol. The Bertz CT molecular complexity index is 505. The van der Waals surface area contributed by atoms with Gasteiger partial charge >= 0.3 is 0 Å². The normalized spacial score (nSPS) is 27.9. The van der Waals surface area contributed by atoms with Crippen molar-refractivity contribution in [2.45, 2.75) is 38.6 Å². The number of carbonyl (C=O) groups is 1. The van der Waals surface area contributed by atoms with E-state index >= 15 is 0 Å².